The van der Waals surface area contributed by atoms with Gasteiger partial charge < -0.3 is 10.1 Å². The number of carbonyl (C=O) groups is 2. The molecule has 0 heterocycles. The zero-order valence-corrected chi connectivity index (χ0v) is 13.0. The van der Waals surface area contributed by atoms with Gasteiger partial charge in [-0.3, -0.25) is 9.59 Å². The number of amides is 2. The second kappa shape index (κ2) is 8.39. The van der Waals surface area contributed by atoms with E-state index in [-0.39, 0.29) is 24.8 Å². The minimum Gasteiger partial charge on any atom is -0.375 e. The number of hydrazone groups is 1. The molecule has 2 N–H and O–H groups in total. The van der Waals surface area contributed by atoms with Gasteiger partial charge in [0.15, 0.2) is 0 Å². The molecule has 1 aromatic carbocycles. The Morgan fingerprint density at radius 3 is 2.71 bits per heavy atom. The van der Waals surface area contributed by atoms with Crippen molar-refractivity contribution in [3.05, 3.63) is 28.8 Å². The minimum absolute atomic E-state index is 0.0687. The molecule has 0 bridgehead atoms. The van der Waals surface area contributed by atoms with Crippen LogP contribution >= 0.6 is 11.6 Å². The topological polar surface area (TPSA) is 79.8 Å². The zero-order chi connectivity index (χ0) is 15.8. The van der Waals surface area contributed by atoms with Crippen molar-refractivity contribution in [1.29, 1.82) is 0 Å². The second-order valence-electron chi connectivity index (χ2n) is 4.45. The molecule has 0 radical (unpaired) electrons. The van der Waals surface area contributed by atoms with Gasteiger partial charge in [0.2, 0.25) is 5.91 Å². The summed E-state index contributed by atoms with van der Waals surface area (Å²) < 4.78 is 4.65. The maximum absolute atomic E-state index is 11.9. The van der Waals surface area contributed by atoms with Crippen molar-refractivity contribution < 1.29 is 14.3 Å². The first kappa shape index (κ1) is 17.1. The molecule has 21 heavy (non-hydrogen) atoms. The molecule has 114 valence electrons. The fourth-order valence-electron chi connectivity index (χ4n) is 1.53. The molecule has 0 unspecified atom stereocenters. The van der Waals surface area contributed by atoms with Gasteiger partial charge in [-0.05, 0) is 31.5 Å². The molecular weight excluding hydrogens is 294 g/mol. The quantitative estimate of drug-likeness (QED) is 0.624. The van der Waals surface area contributed by atoms with Gasteiger partial charge in [0.05, 0.1) is 6.42 Å². The molecule has 0 spiro atoms. The summed E-state index contributed by atoms with van der Waals surface area (Å²) in [4.78, 5) is 23.0. The molecule has 2 amide bonds. The van der Waals surface area contributed by atoms with Crippen LogP contribution in [0.4, 0.5) is 5.69 Å². The van der Waals surface area contributed by atoms with Gasteiger partial charge in [0.1, 0.15) is 6.61 Å². The lowest BCUT2D eigenvalue weighted by Gasteiger charge is -2.09. The maximum atomic E-state index is 11.9. The number of rotatable bonds is 6. The molecule has 7 heteroatoms. The maximum Gasteiger partial charge on any atom is 0.266 e. The van der Waals surface area contributed by atoms with Crippen LogP contribution in [0, 0.1) is 6.92 Å². The summed E-state index contributed by atoms with van der Waals surface area (Å²) in [6, 6.07) is 5.29. The van der Waals surface area contributed by atoms with Crippen molar-refractivity contribution in [2.45, 2.75) is 20.3 Å². The average molecular weight is 312 g/mol. The van der Waals surface area contributed by atoms with E-state index in [9.17, 15) is 9.59 Å². The summed E-state index contributed by atoms with van der Waals surface area (Å²) in [6.07, 6.45) is 0.0687. The van der Waals surface area contributed by atoms with Crippen LogP contribution in [-0.4, -0.2) is 31.2 Å². The molecule has 0 saturated carbocycles. The van der Waals surface area contributed by atoms with Crippen molar-refractivity contribution in [3.63, 3.8) is 0 Å². The van der Waals surface area contributed by atoms with Crippen LogP contribution in [0.5, 0.6) is 0 Å². The molecule has 0 aromatic heterocycles. The smallest absolute Gasteiger partial charge is 0.266 e. The lowest BCUT2D eigenvalue weighted by Crippen LogP contribution is -2.24. The van der Waals surface area contributed by atoms with Gasteiger partial charge >= 0.3 is 0 Å². The summed E-state index contributed by atoms with van der Waals surface area (Å²) >= 11 is 5.98. The normalized spacial score (nSPS) is 11.1. The highest BCUT2D eigenvalue weighted by molar-refractivity contribution is 6.31. The van der Waals surface area contributed by atoms with Crippen molar-refractivity contribution in [1.82, 2.24) is 5.43 Å². The van der Waals surface area contributed by atoms with Crippen molar-refractivity contribution in [3.8, 4) is 0 Å². The Bertz CT molecular complexity index is 558. The van der Waals surface area contributed by atoms with Crippen LogP contribution in [0.25, 0.3) is 0 Å². The Kier molecular flexibility index (Phi) is 6.84. The van der Waals surface area contributed by atoms with Gasteiger partial charge in [0, 0.05) is 23.5 Å². The van der Waals surface area contributed by atoms with Gasteiger partial charge in [0.25, 0.3) is 5.91 Å². The minimum atomic E-state index is -0.372. The molecule has 1 aromatic rings. The lowest BCUT2D eigenvalue weighted by molar-refractivity contribution is -0.124. The molecule has 1 rings (SSSR count). The molecule has 6 nitrogen and oxygen atoms in total. The summed E-state index contributed by atoms with van der Waals surface area (Å²) in [6.45, 7) is 3.39. The van der Waals surface area contributed by atoms with E-state index in [1.54, 1.807) is 25.1 Å². The van der Waals surface area contributed by atoms with Crippen molar-refractivity contribution >= 4 is 34.8 Å². The number of nitrogens with zero attached hydrogens (tertiary/aromatic N) is 1. The molecule has 0 aliphatic rings. The monoisotopic (exact) mass is 311 g/mol. The SMILES string of the molecule is COCC(=O)N/N=C(/C)CC(=O)Nc1cccc(Cl)c1C. The summed E-state index contributed by atoms with van der Waals surface area (Å²) in [5.41, 5.74) is 4.24. The van der Waals surface area contributed by atoms with Crippen LogP contribution in [0.1, 0.15) is 18.9 Å². The number of anilines is 1. The Labute approximate surface area is 128 Å². The Balaban J connectivity index is 2.55. The Morgan fingerprint density at radius 2 is 2.05 bits per heavy atom. The first-order valence-electron chi connectivity index (χ1n) is 6.30. The number of methoxy groups -OCH3 is 1. The van der Waals surface area contributed by atoms with Gasteiger partial charge in [-0.25, -0.2) is 5.43 Å². The molecule has 0 saturated heterocycles. The first-order valence-corrected chi connectivity index (χ1v) is 6.67. The number of carbonyl (C=O) groups excluding carboxylic acids is 2. The number of hydrogen-bond acceptors (Lipinski definition) is 4. The number of benzene rings is 1. The summed E-state index contributed by atoms with van der Waals surface area (Å²) in [5.74, 6) is -0.606. The molecule has 0 fully saturated rings. The largest absolute Gasteiger partial charge is 0.375 e. The summed E-state index contributed by atoms with van der Waals surface area (Å²) in [5, 5.41) is 7.16. The molecule has 0 aliphatic carbocycles. The average Bonchev–Trinajstić information content (AvgIpc) is 2.42. The molecule has 0 aliphatic heterocycles. The Morgan fingerprint density at radius 1 is 1.33 bits per heavy atom. The van der Waals surface area contributed by atoms with Gasteiger partial charge in [-0.1, -0.05) is 17.7 Å². The first-order chi connectivity index (χ1) is 9.93. The third kappa shape index (κ3) is 5.93. The standard InChI is InChI=1S/C14H18ClN3O3/c1-9(17-18-14(20)8-21-3)7-13(19)16-12-6-4-5-11(15)10(12)2/h4-6H,7-8H2,1-3H3,(H,16,19)(H,18,20)/b17-9-. The third-order valence-corrected chi connectivity index (χ3v) is 3.01. The van der Waals surface area contributed by atoms with E-state index in [1.165, 1.54) is 7.11 Å². The predicted octanol–water partition coefficient (Wildman–Crippen LogP) is 2.12. The van der Waals surface area contributed by atoms with E-state index in [4.69, 9.17) is 11.6 Å². The van der Waals surface area contributed by atoms with E-state index in [0.29, 0.717) is 16.4 Å². The highest BCUT2D eigenvalue weighted by Gasteiger charge is 2.08. The molecular formula is C14H18ClN3O3. The second-order valence-corrected chi connectivity index (χ2v) is 4.86. The third-order valence-electron chi connectivity index (χ3n) is 2.61. The lowest BCUT2D eigenvalue weighted by atomic mass is 10.2. The predicted molar refractivity (Wildman–Crippen MR) is 82.6 cm³/mol. The van der Waals surface area contributed by atoms with E-state index in [0.717, 1.165) is 5.56 Å². The van der Waals surface area contributed by atoms with Crippen molar-refractivity contribution in [2.24, 2.45) is 5.10 Å². The van der Waals surface area contributed by atoms with E-state index in [1.807, 2.05) is 6.92 Å². The van der Waals surface area contributed by atoms with E-state index >= 15 is 0 Å². The van der Waals surface area contributed by atoms with E-state index < -0.39 is 0 Å². The van der Waals surface area contributed by atoms with Crippen LogP contribution in [0.3, 0.4) is 0 Å². The number of ether oxygens (including phenoxy) is 1. The van der Waals surface area contributed by atoms with E-state index in [2.05, 4.69) is 20.6 Å². The number of hydrogen-bond donors (Lipinski definition) is 2. The number of halogens is 1. The highest BCUT2D eigenvalue weighted by atomic mass is 35.5. The molecule has 0 atom stereocenters. The van der Waals surface area contributed by atoms with Crippen LogP contribution in [-0.2, 0) is 14.3 Å². The van der Waals surface area contributed by atoms with Crippen LogP contribution in [0.15, 0.2) is 23.3 Å². The Hall–Kier alpha value is -1.92. The van der Waals surface area contributed by atoms with Crippen molar-refractivity contribution in [2.75, 3.05) is 19.0 Å². The summed E-state index contributed by atoms with van der Waals surface area (Å²) in [7, 11) is 1.41. The fourth-order valence-corrected chi connectivity index (χ4v) is 1.70. The van der Waals surface area contributed by atoms with Crippen LogP contribution in [0.2, 0.25) is 5.02 Å². The fraction of sp³-hybridized carbons (Fsp3) is 0.357. The zero-order valence-electron chi connectivity index (χ0n) is 12.2. The van der Waals surface area contributed by atoms with Gasteiger partial charge in [-0.15, -0.1) is 0 Å². The van der Waals surface area contributed by atoms with Gasteiger partial charge in [-0.2, -0.15) is 5.10 Å². The van der Waals surface area contributed by atoms with Crippen LogP contribution < -0.4 is 10.7 Å². The number of nitrogens with one attached hydrogen (secondary N) is 2. The highest BCUT2D eigenvalue weighted by Crippen LogP contribution is 2.22.